The Morgan fingerprint density at radius 3 is 2.20 bits per heavy atom. The van der Waals surface area contributed by atoms with Gasteiger partial charge in [0.2, 0.25) is 21.8 Å². The second kappa shape index (κ2) is 13.8. The number of benzene rings is 1. The van der Waals surface area contributed by atoms with E-state index in [-0.39, 0.29) is 12.8 Å². The van der Waals surface area contributed by atoms with Gasteiger partial charge in [-0.2, -0.15) is 0 Å². The highest BCUT2D eigenvalue weighted by molar-refractivity contribution is 7.91. The van der Waals surface area contributed by atoms with Gasteiger partial charge in [0.25, 0.3) is 5.91 Å². The van der Waals surface area contributed by atoms with Crippen molar-refractivity contribution in [2.24, 2.45) is 11.3 Å². The average Bonchev–Trinajstić information content (AvgIpc) is 3.91. The third-order valence-electron chi connectivity index (χ3n) is 8.42. The van der Waals surface area contributed by atoms with Crippen LogP contribution in [0.3, 0.4) is 0 Å². The number of alkyl carbamates (subject to hydrolysis) is 1. The molecule has 18 heteroatoms. The lowest BCUT2D eigenvalue weighted by atomic mass is 9.85. The standard InChI is InChI=1S/C32H42F3N5O9S/c1-8-16-14-32(16,27(43)39-50(46,47)18-9-10-18)38-25(41)21-13-17(48-28(44)36-20-12-11-19(33)22(34)23(20)35)15-40(21)26(42)24(30(2,3)4)37-29(45)49-31(5,6)7/h8,11-12,16-18,21,24H,1,9-10,13-15H2,2-7H3,(H,36,44)(H,37,45)(H,38,41)(H,39,43). The summed E-state index contributed by atoms with van der Waals surface area (Å²) < 4.78 is 79.1. The van der Waals surface area contributed by atoms with E-state index in [9.17, 15) is 45.6 Å². The Morgan fingerprint density at radius 1 is 1.02 bits per heavy atom. The molecule has 2 saturated carbocycles. The fraction of sp³-hybridized carbons (Fsp3) is 0.594. The molecule has 1 heterocycles. The number of carbonyl (C=O) groups excluding carboxylic acids is 5. The highest BCUT2D eigenvalue weighted by Crippen LogP contribution is 2.45. The summed E-state index contributed by atoms with van der Waals surface area (Å²) >= 11 is 0. The molecule has 1 aromatic carbocycles. The third-order valence-corrected chi connectivity index (χ3v) is 10.2. The smallest absolute Gasteiger partial charge is 0.412 e. The molecule has 3 aliphatic rings. The maximum atomic E-state index is 14.2. The molecule has 0 bridgehead atoms. The molecule has 5 amide bonds. The van der Waals surface area contributed by atoms with Crippen molar-refractivity contribution in [2.75, 3.05) is 11.9 Å². The molecule has 1 saturated heterocycles. The number of anilines is 1. The van der Waals surface area contributed by atoms with Crippen LogP contribution in [0.4, 0.5) is 28.4 Å². The summed E-state index contributed by atoms with van der Waals surface area (Å²) in [6.07, 6.45) is -1.66. The molecule has 2 aliphatic carbocycles. The van der Waals surface area contributed by atoms with Crippen molar-refractivity contribution in [1.82, 2.24) is 20.3 Å². The molecular weight excluding hydrogens is 687 g/mol. The lowest BCUT2D eigenvalue weighted by Crippen LogP contribution is -2.60. The van der Waals surface area contributed by atoms with E-state index in [2.05, 4.69) is 17.2 Å². The van der Waals surface area contributed by atoms with Gasteiger partial charge in [0, 0.05) is 12.3 Å². The highest BCUT2D eigenvalue weighted by atomic mass is 32.2. The number of hydrogen-bond donors (Lipinski definition) is 4. The Labute approximate surface area is 287 Å². The van der Waals surface area contributed by atoms with E-state index < -0.39 is 116 Å². The summed E-state index contributed by atoms with van der Waals surface area (Å²) in [5, 5.41) is 6.35. The Balaban J connectivity index is 1.60. The molecule has 4 N–H and O–H groups in total. The van der Waals surface area contributed by atoms with E-state index in [1.165, 1.54) is 6.08 Å². The zero-order valence-corrected chi connectivity index (χ0v) is 29.3. The predicted molar refractivity (Wildman–Crippen MR) is 172 cm³/mol. The first-order valence-electron chi connectivity index (χ1n) is 15.9. The number of hydrogen-bond acceptors (Lipinski definition) is 9. The maximum absolute atomic E-state index is 14.2. The molecule has 14 nitrogen and oxygen atoms in total. The number of rotatable bonds is 10. The number of amides is 5. The molecule has 0 aromatic heterocycles. The predicted octanol–water partition coefficient (Wildman–Crippen LogP) is 3.23. The minimum Gasteiger partial charge on any atom is -0.444 e. The number of nitrogens with one attached hydrogen (secondary N) is 4. The van der Waals surface area contributed by atoms with Crippen molar-refractivity contribution in [2.45, 2.75) is 102 Å². The van der Waals surface area contributed by atoms with Gasteiger partial charge in [0.15, 0.2) is 17.5 Å². The van der Waals surface area contributed by atoms with E-state index in [4.69, 9.17) is 9.47 Å². The Hall–Kier alpha value is -4.35. The van der Waals surface area contributed by atoms with Crippen molar-refractivity contribution >= 4 is 45.6 Å². The lowest BCUT2D eigenvalue weighted by molar-refractivity contribution is -0.143. The summed E-state index contributed by atoms with van der Waals surface area (Å²) in [4.78, 5) is 67.9. The molecule has 3 fully saturated rings. The molecule has 0 radical (unpaired) electrons. The number of halogens is 3. The van der Waals surface area contributed by atoms with Crippen LogP contribution in [0, 0.1) is 28.8 Å². The Morgan fingerprint density at radius 2 is 1.66 bits per heavy atom. The zero-order valence-electron chi connectivity index (χ0n) is 28.5. The van der Waals surface area contributed by atoms with Gasteiger partial charge < -0.3 is 25.0 Å². The van der Waals surface area contributed by atoms with Crippen LogP contribution >= 0.6 is 0 Å². The van der Waals surface area contributed by atoms with Crippen LogP contribution in [-0.2, 0) is 33.9 Å². The SMILES string of the molecule is C=CC1CC1(NC(=O)C1CC(OC(=O)Nc2ccc(F)c(F)c2F)CN1C(=O)C(NC(=O)OC(C)(C)C)C(C)(C)C)C(=O)NS(=O)(=O)C1CC1. The molecule has 0 spiro atoms. The fourth-order valence-electron chi connectivity index (χ4n) is 5.55. The van der Waals surface area contributed by atoms with E-state index in [0.717, 1.165) is 11.0 Å². The summed E-state index contributed by atoms with van der Waals surface area (Å²) in [6, 6.07) is -1.36. The van der Waals surface area contributed by atoms with Gasteiger partial charge in [-0.1, -0.05) is 26.8 Å². The Kier molecular flexibility index (Phi) is 10.6. The Bertz CT molecular complexity index is 1690. The number of ether oxygens (including phenoxy) is 2. The van der Waals surface area contributed by atoms with E-state index in [0.29, 0.717) is 18.9 Å². The summed E-state index contributed by atoms with van der Waals surface area (Å²) in [5.41, 5.74) is -4.31. The zero-order chi connectivity index (χ0) is 37.6. The van der Waals surface area contributed by atoms with Crippen LogP contribution in [-0.4, -0.2) is 84.3 Å². The highest BCUT2D eigenvalue weighted by Gasteiger charge is 2.62. The van der Waals surface area contributed by atoms with Crippen LogP contribution in [0.1, 0.15) is 67.2 Å². The van der Waals surface area contributed by atoms with Crippen molar-refractivity contribution < 1.29 is 55.0 Å². The average molecular weight is 730 g/mol. The van der Waals surface area contributed by atoms with E-state index in [1.807, 2.05) is 10.0 Å². The van der Waals surface area contributed by atoms with E-state index in [1.54, 1.807) is 41.5 Å². The first-order valence-corrected chi connectivity index (χ1v) is 17.5. The molecule has 276 valence electrons. The van der Waals surface area contributed by atoms with Crippen molar-refractivity contribution in [3.8, 4) is 0 Å². The number of carbonyl (C=O) groups is 5. The minimum atomic E-state index is -3.99. The fourth-order valence-corrected chi connectivity index (χ4v) is 6.91. The largest absolute Gasteiger partial charge is 0.444 e. The normalized spacial score (nSPS) is 24.0. The van der Waals surface area contributed by atoms with Crippen LogP contribution in [0.2, 0.25) is 0 Å². The monoisotopic (exact) mass is 729 g/mol. The number of sulfonamides is 1. The summed E-state index contributed by atoms with van der Waals surface area (Å²) in [5.74, 6) is -8.30. The van der Waals surface area contributed by atoms with Gasteiger partial charge in [0.1, 0.15) is 29.3 Å². The minimum absolute atomic E-state index is 0.0157. The van der Waals surface area contributed by atoms with Gasteiger partial charge >= 0.3 is 12.2 Å². The summed E-state index contributed by atoms with van der Waals surface area (Å²) in [6.45, 7) is 13.0. The number of likely N-dealkylation sites (tertiary alicyclic amines) is 1. The van der Waals surface area contributed by atoms with E-state index >= 15 is 0 Å². The third kappa shape index (κ3) is 8.68. The first kappa shape index (κ1) is 38.5. The second-order valence-electron chi connectivity index (χ2n) is 14.7. The van der Waals surface area contributed by atoms with Gasteiger partial charge in [-0.15, -0.1) is 6.58 Å². The molecular formula is C32H42F3N5O9S. The van der Waals surface area contributed by atoms with Crippen LogP contribution in [0.5, 0.6) is 0 Å². The maximum Gasteiger partial charge on any atom is 0.412 e. The van der Waals surface area contributed by atoms with Gasteiger partial charge in [-0.3, -0.25) is 24.4 Å². The molecule has 1 aliphatic heterocycles. The molecule has 1 aromatic rings. The quantitative estimate of drug-likeness (QED) is 0.207. The van der Waals surface area contributed by atoms with Crippen LogP contribution in [0.15, 0.2) is 24.8 Å². The first-order chi connectivity index (χ1) is 23.0. The van der Waals surface area contributed by atoms with Crippen LogP contribution < -0.4 is 20.7 Å². The van der Waals surface area contributed by atoms with Crippen molar-refractivity contribution in [3.05, 3.63) is 42.2 Å². The molecule has 5 unspecified atom stereocenters. The summed E-state index contributed by atoms with van der Waals surface area (Å²) in [7, 11) is -3.99. The molecule has 5 atom stereocenters. The second-order valence-corrected chi connectivity index (χ2v) is 16.7. The van der Waals surface area contributed by atoms with Crippen molar-refractivity contribution in [1.29, 1.82) is 0 Å². The van der Waals surface area contributed by atoms with Gasteiger partial charge in [-0.05, 0) is 57.6 Å². The number of nitrogens with zero attached hydrogens (tertiary/aromatic N) is 1. The molecule has 50 heavy (non-hydrogen) atoms. The molecule has 4 rings (SSSR count). The van der Waals surface area contributed by atoms with Crippen LogP contribution in [0.25, 0.3) is 0 Å². The van der Waals surface area contributed by atoms with Gasteiger partial charge in [-0.25, -0.2) is 31.2 Å². The van der Waals surface area contributed by atoms with Gasteiger partial charge in [0.05, 0.1) is 17.5 Å². The lowest BCUT2D eigenvalue weighted by Gasteiger charge is -2.36. The van der Waals surface area contributed by atoms with Crippen molar-refractivity contribution in [3.63, 3.8) is 0 Å². The topological polar surface area (TPSA) is 189 Å².